The van der Waals surface area contributed by atoms with Crippen molar-refractivity contribution < 1.29 is 0 Å². The van der Waals surface area contributed by atoms with Gasteiger partial charge in [-0.2, -0.15) is 10.5 Å². The van der Waals surface area contributed by atoms with Crippen LogP contribution in [0.1, 0.15) is 17.2 Å². The number of aryl methyl sites for hydroxylation is 1. The van der Waals surface area contributed by atoms with E-state index >= 15 is 0 Å². The summed E-state index contributed by atoms with van der Waals surface area (Å²) in [6, 6.07) is 13.3. The van der Waals surface area contributed by atoms with E-state index in [-0.39, 0.29) is 12.1 Å². The number of hydrogen-bond acceptors (Lipinski definition) is 5. The molecule has 6 nitrogen and oxygen atoms in total. The molecule has 100 valence electrons. The molecule has 0 saturated carbocycles. The van der Waals surface area contributed by atoms with Gasteiger partial charge in [0.25, 0.3) is 0 Å². The molecule has 0 aliphatic carbocycles. The minimum atomic E-state index is 0.147. The molecule has 3 aromatic rings. The van der Waals surface area contributed by atoms with Gasteiger partial charge < -0.3 is 0 Å². The van der Waals surface area contributed by atoms with Crippen LogP contribution in [0.25, 0.3) is 17.0 Å². The second-order valence-electron chi connectivity index (χ2n) is 4.49. The second-order valence-corrected chi connectivity index (χ2v) is 4.49. The first-order chi connectivity index (χ1) is 10.2. The van der Waals surface area contributed by atoms with E-state index < -0.39 is 0 Å². The SMILES string of the molecule is Cc1cc(C#N)nc(-n2c(CC#N)nc3ccccc32)n1. The van der Waals surface area contributed by atoms with Crippen molar-refractivity contribution >= 4 is 11.0 Å². The minimum Gasteiger partial charge on any atom is -0.263 e. The molecule has 0 aliphatic rings. The summed E-state index contributed by atoms with van der Waals surface area (Å²) in [5.41, 5.74) is 2.57. The van der Waals surface area contributed by atoms with Crippen LogP contribution in [0.2, 0.25) is 0 Å². The van der Waals surface area contributed by atoms with E-state index in [1.807, 2.05) is 30.3 Å². The third-order valence-electron chi connectivity index (χ3n) is 3.02. The maximum absolute atomic E-state index is 9.05. The summed E-state index contributed by atoms with van der Waals surface area (Å²) >= 11 is 0. The van der Waals surface area contributed by atoms with Gasteiger partial charge in [-0.05, 0) is 25.1 Å². The van der Waals surface area contributed by atoms with E-state index in [2.05, 4.69) is 21.0 Å². The molecule has 2 heterocycles. The maximum atomic E-state index is 9.05. The topological polar surface area (TPSA) is 91.2 Å². The van der Waals surface area contributed by atoms with Gasteiger partial charge in [-0.3, -0.25) is 4.57 Å². The number of nitrogens with zero attached hydrogens (tertiary/aromatic N) is 6. The Morgan fingerprint density at radius 3 is 2.71 bits per heavy atom. The molecular formula is C15H10N6. The summed E-state index contributed by atoms with van der Waals surface area (Å²) in [6.07, 6.45) is 0.147. The lowest BCUT2D eigenvalue weighted by Gasteiger charge is -2.06. The number of imidazole rings is 1. The zero-order valence-corrected chi connectivity index (χ0v) is 11.3. The Morgan fingerprint density at radius 2 is 1.95 bits per heavy atom. The molecule has 0 spiro atoms. The van der Waals surface area contributed by atoms with Gasteiger partial charge in [0.1, 0.15) is 17.6 Å². The highest BCUT2D eigenvalue weighted by atomic mass is 15.2. The van der Waals surface area contributed by atoms with Gasteiger partial charge in [-0.1, -0.05) is 12.1 Å². The number of aromatic nitrogens is 4. The van der Waals surface area contributed by atoms with Gasteiger partial charge in [0.05, 0.1) is 23.5 Å². The highest BCUT2D eigenvalue weighted by molar-refractivity contribution is 5.77. The van der Waals surface area contributed by atoms with Crippen molar-refractivity contribution in [2.45, 2.75) is 13.3 Å². The molecule has 0 N–H and O–H groups in total. The van der Waals surface area contributed by atoms with E-state index in [9.17, 15) is 0 Å². The summed E-state index contributed by atoms with van der Waals surface area (Å²) in [6.45, 7) is 1.80. The van der Waals surface area contributed by atoms with Crippen molar-refractivity contribution in [2.24, 2.45) is 0 Å². The lowest BCUT2D eigenvalue weighted by molar-refractivity contribution is 0.866. The normalized spacial score (nSPS) is 10.2. The van der Waals surface area contributed by atoms with Gasteiger partial charge in [0.15, 0.2) is 0 Å². The summed E-state index contributed by atoms with van der Waals surface area (Å²) in [5, 5.41) is 18.0. The Kier molecular flexibility index (Phi) is 3.06. The smallest absolute Gasteiger partial charge is 0.237 e. The number of fused-ring (bicyclic) bond motifs is 1. The predicted octanol–water partition coefficient (Wildman–Crippen LogP) is 2.06. The van der Waals surface area contributed by atoms with Crippen molar-refractivity contribution in [3.05, 3.63) is 47.5 Å². The standard InChI is InChI=1S/C15H10N6/c1-10-8-11(9-17)19-15(18-10)21-13-5-3-2-4-12(13)20-14(21)6-7-16/h2-5,8H,6H2,1H3. The Balaban J connectivity index is 2.33. The first kappa shape index (κ1) is 12.8. The fourth-order valence-electron chi connectivity index (χ4n) is 2.20. The van der Waals surface area contributed by atoms with Crippen LogP contribution in [0.3, 0.4) is 0 Å². The molecule has 0 atom stereocenters. The molecule has 21 heavy (non-hydrogen) atoms. The third-order valence-corrected chi connectivity index (χ3v) is 3.02. The zero-order chi connectivity index (χ0) is 14.8. The van der Waals surface area contributed by atoms with Gasteiger partial charge in [0, 0.05) is 5.69 Å². The van der Waals surface area contributed by atoms with Gasteiger partial charge in [0.2, 0.25) is 5.95 Å². The Bertz CT molecular complexity index is 910. The van der Waals surface area contributed by atoms with Crippen LogP contribution < -0.4 is 0 Å². The Labute approximate surface area is 120 Å². The van der Waals surface area contributed by atoms with Crippen molar-refractivity contribution in [2.75, 3.05) is 0 Å². The second kappa shape index (κ2) is 5.03. The number of para-hydroxylation sites is 2. The molecule has 0 aliphatic heterocycles. The zero-order valence-electron chi connectivity index (χ0n) is 11.3. The first-order valence-corrected chi connectivity index (χ1v) is 6.32. The monoisotopic (exact) mass is 274 g/mol. The van der Waals surface area contributed by atoms with Gasteiger partial charge in [-0.25, -0.2) is 15.0 Å². The number of rotatable bonds is 2. The number of benzene rings is 1. The Morgan fingerprint density at radius 1 is 1.14 bits per heavy atom. The average molecular weight is 274 g/mol. The van der Waals surface area contributed by atoms with Crippen LogP contribution in [-0.4, -0.2) is 19.5 Å². The van der Waals surface area contributed by atoms with Crippen LogP contribution >= 0.6 is 0 Å². The molecule has 0 radical (unpaired) electrons. The highest BCUT2D eigenvalue weighted by Gasteiger charge is 2.15. The quantitative estimate of drug-likeness (QED) is 0.713. The first-order valence-electron chi connectivity index (χ1n) is 6.32. The van der Waals surface area contributed by atoms with E-state index in [1.54, 1.807) is 17.6 Å². The molecule has 0 amide bonds. The lowest BCUT2D eigenvalue weighted by Crippen LogP contribution is -2.07. The van der Waals surface area contributed by atoms with Crippen molar-refractivity contribution in [1.82, 2.24) is 19.5 Å². The maximum Gasteiger partial charge on any atom is 0.237 e. The van der Waals surface area contributed by atoms with Crippen molar-refractivity contribution in [3.8, 4) is 18.1 Å². The molecule has 0 fully saturated rings. The van der Waals surface area contributed by atoms with E-state index in [0.717, 1.165) is 11.0 Å². The van der Waals surface area contributed by atoms with Crippen LogP contribution in [0.4, 0.5) is 0 Å². The van der Waals surface area contributed by atoms with E-state index in [0.29, 0.717) is 17.5 Å². The highest BCUT2D eigenvalue weighted by Crippen LogP contribution is 2.20. The van der Waals surface area contributed by atoms with Crippen LogP contribution in [0.15, 0.2) is 30.3 Å². The predicted molar refractivity (Wildman–Crippen MR) is 75.4 cm³/mol. The molecule has 1 aromatic carbocycles. The summed E-state index contributed by atoms with van der Waals surface area (Å²) in [4.78, 5) is 13.0. The average Bonchev–Trinajstić information content (AvgIpc) is 2.85. The number of nitriles is 2. The van der Waals surface area contributed by atoms with Crippen LogP contribution in [-0.2, 0) is 6.42 Å². The minimum absolute atomic E-state index is 0.147. The largest absolute Gasteiger partial charge is 0.263 e. The van der Waals surface area contributed by atoms with Crippen molar-refractivity contribution in [1.29, 1.82) is 10.5 Å². The Hall–Kier alpha value is -3.25. The van der Waals surface area contributed by atoms with Gasteiger partial charge in [-0.15, -0.1) is 0 Å². The lowest BCUT2D eigenvalue weighted by atomic mass is 10.3. The molecule has 0 saturated heterocycles. The molecule has 3 rings (SSSR count). The third kappa shape index (κ3) is 2.19. The van der Waals surface area contributed by atoms with Crippen LogP contribution in [0, 0.1) is 29.6 Å². The van der Waals surface area contributed by atoms with Crippen molar-refractivity contribution in [3.63, 3.8) is 0 Å². The molecule has 0 unspecified atom stereocenters. The summed E-state index contributed by atoms with van der Waals surface area (Å²) in [7, 11) is 0. The fraction of sp³-hybridized carbons (Fsp3) is 0.133. The van der Waals surface area contributed by atoms with Crippen LogP contribution in [0.5, 0.6) is 0 Å². The number of hydrogen-bond donors (Lipinski definition) is 0. The summed E-state index contributed by atoms with van der Waals surface area (Å²) in [5.74, 6) is 0.929. The van der Waals surface area contributed by atoms with E-state index in [1.165, 1.54) is 0 Å². The molecular weight excluding hydrogens is 264 g/mol. The molecule has 6 heteroatoms. The van der Waals surface area contributed by atoms with E-state index in [4.69, 9.17) is 10.5 Å². The molecule has 2 aromatic heterocycles. The summed E-state index contributed by atoms with van der Waals surface area (Å²) < 4.78 is 1.73. The fourth-order valence-corrected chi connectivity index (χ4v) is 2.20. The van der Waals surface area contributed by atoms with Gasteiger partial charge >= 0.3 is 0 Å². The molecule has 0 bridgehead atoms.